The van der Waals surface area contributed by atoms with Crippen molar-refractivity contribution in [3.8, 4) is 0 Å². The lowest BCUT2D eigenvalue weighted by atomic mass is 10.0. The molecule has 0 saturated heterocycles. The number of benzene rings is 2. The topological polar surface area (TPSA) is 78.4 Å². The fourth-order valence-corrected chi connectivity index (χ4v) is 2.21. The number of aliphatic hydroxyl groups excluding tert-OH is 1. The van der Waals surface area contributed by atoms with Gasteiger partial charge in [-0.15, -0.1) is 0 Å². The first kappa shape index (κ1) is 18.5. The molecule has 2 aromatic rings. The standard InChI is InChI=1S/C18H18F2N2O3/c1-10-9-14(7-8-15(10)20)22-18(25)17(24)21-11(2)16(23)12-3-5-13(19)6-4-12/h3-9,11,16,23H,1-2H3,(H,21,24)(H,22,25). The molecular weight excluding hydrogens is 330 g/mol. The van der Waals surface area contributed by atoms with Crippen LogP contribution in [0.25, 0.3) is 0 Å². The van der Waals surface area contributed by atoms with Gasteiger partial charge in [0.15, 0.2) is 0 Å². The van der Waals surface area contributed by atoms with Crippen molar-refractivity contribution in [1.29, 1.82) is 0 Å². The summed E-state index contributed by atoms with van der Waals surface area (Å²) >= 11 is 0. The lowest BCUT2D eigenvalue weighted by molar-refractivity contribution is -0.137. The summed E-state index contributed by atoms with van der Waals surface area (Å²) in [6.45, 7) is 3.05. The maximum atomic E-state index is 13.2. The summed E-state index contributed by atoms with van der Waals surface area (Å²) < 4.78 is 26.1. The molecule has 2 amide bonds. The number of hydrogen-bond acceptors (Lipinski definition) is 3. The monoisotopic (exact) mass is 348 g/mol. The number of amides is 2. The van der Waals surface area contributed by atoms with Crippen LogP contribution >= 0.6 is 0 Å². The van der Waals surface area contributed by atoms with Gasteiger partial charge in [-0.25, -0.2) is 8.78 Å². The third kappa shape index (κ3) is 4.84. The van der Waals surface area contributed by atoms with Crippen molar-refractivity contribution >= 4 is 17.5 Å². The number of anilines is 1. The van der Waals surface area contributed by atoms with Gasteiger partial charge in [0, 0.05) is 5.69 Å². The highest BCUT2D eigenvalue weighted by molar-refractivity contribution is 6.39. The molecule has 0 saturated carbocycles. The number of nitrogens with one attached hydrogen (secondary N) is 2. The Morgan fingerprint density at radius 2 is 1.68 bits per heavy atom. The average Bonchev–Trinajstić information content (AvgIpc) is 2.58. The summed E-state index contributed by atoms with van der Waals surface area (Å²) in [6, 6.07) is 8.31. The summed E-state index contributed by atoms with van der Waals surface area (Å²) in [5.74, 6) is -2.75. The molecule has 132 valence electrons. The van der Waals surface area contributed by atoms with Crippen LogP contribution in [0.3, 0.4) is 0 Å². The predicted molar refractivity (Wildman–Crippen MR) is 88.7 cm³/mol. The minimum Gasteiger partial charge on any atom is -0.386 e. The van der Waals surface area contributed by atoms with E-state index in [1.807, 2.05) is 0 Å². The van der Waals surface area contributed by atoms with E-state index in [4.69, 9.17) is 0 Å². The Balaban J connectivity index is 1.96. The Hall–Kier alpha value is -2.80. The first-order valence-electron chi connectivity index (χ1n) is 7.59. The van der Waals surface area contributed by atoms with E-state index < -0.39 is 35.6 Å². The fourth-order valence-electron chi connectivity index (χ4n) is 2.21. The second-order valence-corrected chi connectivity index (χ2v) is 5.68. The van der Waals surface area contributed by atoms with E-state index in [1.165, 1.54) is 56.3 Å². The van der Waals surface area contributed by atoms with Crippen LogP contribution in [0.5, 0.6) is 0 Å². The number of carbonyl (C=O) groups excluding carboxylic acids is 2. The van der Waals surface area contributed by atoms with Gasteiger partial charge in [0.05, 0.1) is 12.1 Å². The zero-order chi connectivity index (χ0) is 18.6. The van der Waals surface area contributed by atoms with Gasteiger partial charge in [0.1, 0.15) is 11.6 Å². The van der Waals surface area contributed by atoms with Crippen molar-refractivity contribution in [2.24, 2.45) is 0 Å². The summed E-state index contributed by atoms with van der Waals surface area (Å²) in [7, 11) is 0. The van der Waals surface area contributed by atoms with Gasteiger partial charge >= 0.3 is 11.8 Å². The van der Waals surface area contributed by atoms with Gasteiger partial charge in [-0.2, -0.15) is 0 Å². The molecule has 2 rings (SSSR count). The SMILES string of the molecule is Cc1cc(NC(=O)C(=O)NC(C)C(O)c2ccc(F)cc2)ccc1F. The summed E-state index contributed by atoms with van der Waals surface area (Å²) in [5.41, 5.74) is 1.02. The highest BCUT2D eigenvalue weighted by Gasteiger charge is 2.22. The molecule has 0 aliphatic heterocycles. The molecule has 0 bridgehead atoms. The number of halogens is 2. The highest BCUT2D eigenvalue weighted by atomic mass is 19.1. The number of carbonyl (C=O) groups is 2. The molecule has 2 unspecified atom stereocenters. The van der Waals surface area contributed by atoms with Crippen LogP contribution in [0.2, 0.25) is 0 Å². The van der Waals surface area contributed by atoms with E-state index >= 15 is 0 Å². The Labute approximate surface area is 143 Å². The number of hydrogen-bond donors (Lipinski definition) is 3. The molecule has 7 heteroatoms. The van der Waals surface area contributed by atoms with Crippen molar-refractivity contribution in [3.05, 3.63) is 65.2 Å². The van der Waals surface area contributed by atoms with Gasteiger partial charge in [-0.3, -0.25) is 9.59 Å². The van der Waals surface area contributed by atoms with E-state index in [1.54, 1.807) is 0 Å². The third-order valence-corrected chi connectivity index (χ3v) is 3.67. The largest absolute Gasteiger partial charge is 0.386 e. The normalized spacial score (nSPS) is 13.0. The van der Waals surface area contributed by atoms with Gasteiger partial charge in [0.25, 0.3) is 0 Å². The molecule has 2 aromatic carbocycles. The van der Waals surface area contributed by atoms with Crippen molar-refractivity contribution in [2.75, 3.05) is 5.32 Å². The predicted octanol–water partition coefficient (Wildman–Crippen LogP) is 2.45. The van der Waals surface area contributed by atoms with Gasteiger partial charge in [0.2, 0.25) is 0 Å². The van der Waals surface area contributed by atoms with Crippen LogP contribution in [0, 0.1) is 18.6 Å². The third-order valence-electron chi connectivity index (χ3n) is 3.67. The maximum absolute atomic E-state index is 13.2. The lowest BCUT2D eigenvalue weighted by Gasteiger charge is -2.20. The second-order valence-electron chi connectivity index (χ2n) is 5.68. The van der Waals surface area contributed by atoms with Gasteiger partial charge in [-0.1, -0.05) is 12.1 Å². The molecule has 2 atom stereocenters. The Bertz CT molecular complexity index is 778. The molecule has 5 nitrogen and oxygen atoms in total. The van der Waals surface area contributed by atoms with E-state index in [9.17, 15) is 23.5 Å². The smallest absolute Gasteiger partial charge is 0.313 e. The first-order valence-corrected chi connectivity index (χ1v) is 7.59. The van der Waals surface area contributed by atoms with Crippen LogP contribution < -0.4 is 10.6 Å². The van der Waals surface area contributed by atoms with Gasteiger partial charge < -0.3 is 15.7 Å². The van der Waals surface area contributed by atoms with E-state index in [0.717, 1.165) is 0 Å². The maximum Gasteiger partial charge on any atom is 0.313 e. The van der Waals surface area contributed by atoms with Crippen molar-refractivity contribution in [3.63, 3.8) is 0 Å². The van der Waals surface area contributed by atoms with Crippen LogP contribution in [-0.2, 0) is 9.59 Å². The van der Waals surface area contributed by atoms with Crippen LogP contribution in [0.1, 0.15) is 24.2 Å². The molecule has 3 N–H and O–H groups in total. The summed E-state index contributed by atoms with van der Waals surface area (Å²) in [6.07, 6.45) is -1.11. The molecular formula is C18H18F2N2O3. The van der Waals surface area contributed by atoms with Crippen molar-refractivity contribution in [2.45, 2.75) is 26.0 Å². The zero-order valence-corrected chi connectivity index (χ0v) is 13.7. The molecule has 0 aromatic heterocycles. The van der Waals surface area contributed by atoms with E-state index in [-0.39, 0.29) is 5.69 Å². The minimum absolute atomic E-state index is 0.283. The zero-order valence-electron chi connectivity index (χ0n) is 13.7. The van der Waals surface area contributed by atoms with Gasteiger partial charge in [-0.05, 0) is 55.3 Å². The number of rotatable bonds is 4. The Morgan fingerprint density at radius 3 is 2.28 bits per heavy atom. The van der Waals surface area contributed by atoms with Crippen LogP contribution in [0.15, 0.2) is 42.5 Å². The van der Waals surface area contributed by atoms with Crippen molar-refractivity contribution in [1.82, 2.24) is 5.32 Å². The highest BCUT2D eigenvalue weighted by Crippen LogP contribution is 2.17. The first-order chi connectivity index (χ1) is 11.8. The average molecular weight is 348 g/mol. The number of aryl methyl sites for hydroxylation is 1. The molecule has 0 aliphatic rings. The molecule has 25 heavy (non-hydrogen) atoms. The lowest BCUT2D eigenvalue weighted by Crippen LogP contribution is -2.43. The summed E-state index contributed by atoms with van der Waals surface area (Å²) in [4.78, 5) is 23.8. The molecule has 0 heterocycles. The van der Waals surface area contributed by atoms with E-state index in [0.29, 0.717) is 11.1 Å². The second kappa shape index (κ2) is 7.85. The minimum atomic E-state index is -1.11. The van der Waals surface area contributed by atoms with Crippen LogP contribution in [-0.4, -0.2) is 23.0 Å². The van der Waals surface area contributed by atoms with Crippen molar-refractivity contribution < 1.29 is 23.5 Å². The molecule has 0 radical (unpaired) electrons. The molecule has 0 fully saturated rings. The molecule has 0 spiro atoms. The van der Waals surface area contributed by atoms with Crippen LogP contribution in [0.4, 0.5) is 14.5 Å². The molecule has 0 aliphatic carbocycles. The quantitative estimate of drug-likeness (QED) is 0.743. The Kier molecular flexibility index (Phi) is 5.82. The summed E-state index contributed by atoms with van der Waals surface area (Å²) in [5, 5.41) is 14.9. The fraction of sp³-hybridized carbons (Fsp3) is 0.222. The van der Waals surface area contributed by atoms with E-state index in [2.05, 4.69) is 10.6 Å². The number of aliphatic hydroxyl groups is 1. The Morgan fingerprint density at radius 1 is 1.04 bits per heavy atom.